The molecule has 0 aliphatic carbocycles. The van der Waals surface area contributed by atoms with Crippen LogP contribution in [0.5, 0.6) is 0 Å². The highest BCUT2D eigenvalue weighted by Crippen LogP contribution is 2.25. The minimum atomic E-state index is 0.526. The average Bonchev–Trinajstić information content (AvgIpc) is 2.94. The molecule has 0 unspecified atom stereocenters. The second kappa shape index (κ2) is 4.72. The smallest absolute Gasteiger partial charge is 0.0539 e. The van der Waals surface area contributed by atoms with Crippen LogP contribution >= 0.6 is 11.6 Å². The van der Waals surface area contributed by atoms with Crippen LogP contribution in [0.3, 0.4) is 0 Å². The van der Waals surface area contributed by atoms with E-state index in [-0.39, 0.29) is 0 Å². The van der Waals surface area contributed by atoms with Gasteiger partial charge in [0.2, 0.25) is 0 Å². The molecule has 5 heteroatoms. The van der Waals surface area contributed by atoms with E-state index < -0.39 is 0 Å². The van der Waals surface area contributed by atoms with Crippen molar-refractivity contribution in [3.05, 3.63) is 52.9 Å². The number of aryl methyl sites for hydroxylation is 1. The first-order valence-corrected chi connectivity index (χ1v) is 6.50. The summed E-state index contributed by atoms with van der Waals surface area (Å²) in [6.07, 6.45) is 5.98. The SMILES string of the molecule is Cn1cc(Cn2cc(CN)c3ccc(Cl)cc32)cn1. The van der Waals surface area contributed by atoms with Gasteiger partial charge in [0.1, 0.15) is 0 Å². The quantitative estimate of drug-likeness (QED) is 0.798. The summed E-state index contributed by atoms with van der Waals surface area (Å²) in [5.74, 6) is 0. The summed E-state index contributed by atoms with van der Waals surface area (Å²) in [7, 11) is 1.92. The summed E-state index contributed by atoms with van der Waals surface area (Å²) in [5, 5.41) is 6.09. The van der Waals surface area contributed by atoms with Crippen LogP contribution in [-0.4, -0.2) is 14.3 Å². The zero-order valence-electron chi connectivity index (χ0n) is 10.7. The molecular weight excluding hydrogens is 260 g/mol. The minimum Gasteiger partial charge on any atom is -0.343 e. The zero-order chi connectivity index (χ0) is 13.4. The molecule has 0 saturated carbocycles. The molecule has 3 rings (SSSR count). The number of rotatable bonds is 3. The molecule has 19 heavy (non-hydrogen) atoms. The molecule has 0 bridgehead atoms. The third-order valence-corrected chi connectivity index (χ3v) is 3.49. The molecule has 2 N–H and O–H groups in total. The largest absolute Gasteiger partial charge is 0.343 e. The van der Waals surface area contributed by atoms with Gasteiger partial charge in [0.15, 0.2) is 0 Å². The molecule has 0 aliphatic heterocycles. The first kappa shape index (κ1) is 12.3. The molecule has 3 aromatic rings. The van der Waals surface area contributed by atoms with Crippen molar-refractivity contribution in [3.63, 3.8) is 0 Å². The first-order chi connectivity index (χ1) is 9.17. The highest BCUT2D eigenvalue weighted by atomic mass is 35.5. The summed E-state index contributed by atoms with van der Waals surface area (Å²) in [5.41, 5.74) is 9.20. The molecular formula is C14H15ClN4. The van der Waals surface area contributed by atoms with Gasteiger partial charge in [-0.25, -0.2) is 0 Å². The number of hydrogen-bond donors (Lipinski definition) is 1. The normalized spacial score (nSPS) is 11.3. The molecule has 98 valence electrons. The zero-order valence-corrected chi connectivity index (χ0v) is 11.4. The fraction of sp³-hybridized carbons (Fsp3) is 0.214. The van der Waals surface area contributed by atoms with Gasteiger partial charge in [0, 0.05) is 42.0 Å². The van der Waals surface area contributed by atoms with Crippen LogP contribution in [0.4, 0.5) is 0 Å². The number of nitrogens with two attached hydrogens (primary N) is 1. The standard InChI is InChI=1S/C14H15ClN4/c1-18-7-10(6-17-18)8-19-9-11(5-16)13-3-2-12(15)4-14(13)19/h2-4,6-7,9H,5,8,16H2,1H3. The van der Waals surface area contributed by atoms with Crippen LogP contribution in [-0.2, 0) is 20.1 Å². The molecule has 1 aromatic carbocycles. The summed E-state index contributed by atoms with van der Waals surface area (Å²) < 4.78 is 3.97. The highest BCUT2D eigenvalue weighted by Gasteiger charge is 2.09. The van der Waals surface area contributed by atoms with Crippen molar-refractivity contribution in [2.24, 2.45) is 12.8 Å². The third-order valence-electron chi connectivity index (χ3n) is 3.26. The van der Waals surface area contributed by atoms with Gasteiger partial charge in [0.25, 0.3) is 0 Å². The van der Waals surface area contributed by atoms with Crippen molar-refractivity contribution in [1.82, 2.24) is 14.3 Å². The predicted octanol–water partition coefficient (Wildman–Crippen LogP) is 2.54. The Labute approximate surface area is 116 Å². The van der Waals surface area contributed by atoms with E-state index in [9.17, 15) is 0 Å². The Morgan fingerprint density at radius 3 is 2.84 bits per heavy atom. The van der Waals surface area contributed by atoms with Gasteiger partial charge in [-0.05, 0) is 17.7 Å². The Morgan fingerprint density at radius 2 is 2.16 bits per heavy atom. The van der Waals surface area contributed by atoms with Gasteiger partial charge in [0.05, 0.1) is 18.3 Å². The van der Waals surface area contributed by atoms with Crippen molar-refractivity contribution in [1.29, 1.82) is 0 Å². The number of halogens is 1. The van der Waals surface area contributed by atoms with Crippen LogP contribution in [0.2, 0.25) is 5.02 Å². The van der Waals surface area contributed by atoms with Gasteiger partial charge in [-0.1, -0.05) is 17.7 Å². The van der Waals surface area contributed by atoms with Gasteiger partial charge >= 0.3 is 0 Å². The molecule has 0 saturated heterocycles. The highest BCUT2D eigenvalue weighted by molar-refractivity contribution is 6.31. The molecule has 2 heterocycles. The van der Waals surface area contributed by atoms with E-state index in [1.807, 2.05) is 37.6 Å². The Bertz CT molecular complexity index is 726. The van der Waals surface area contributed by atoms with Crippen molar-refractivity contribution < 1.29 is 0 Å². The van der Waals surface area contributed by atoms with E-state index in [0.29, 0.717) is 6.54 Å². The van der Waals surface area contributed by atoms with E-state index in [0.717, 1.165) is 33.6 Å². The fourth-order valence-electron chi connectivity index (χ4n) is 2.38. The molecule has 2 aromatic heterocycles. The lowest BCUT2D eigenvalue weighted by Crippen LogP contribution is -1.98. The maximum atomic E-state index is 6.09. The molecule has 0 aliphatic rings. The average molecular weight is 275 g/mol. The van der Waals surface area contributed by atoms with E-state index in [1.54, 1.807) is 4.68 Å². The molecule has 4 nitrogen and oxygen atoms in total. The lowest BCUT2D eigenvalue weighted by atomic mass is 10.2. The Balaban J connectivity index is 2.09. The van der Waals surface area contributed by atoms with Crippen LogP contribution in [0.1, 0.15) is 11.1 Å². The van der Waals surface area contributed by atoms with Gasteiger partial charge in [-0.2, -0.15) is 5.10 Å². The lowest BCUT2D eigenvalue weighted by molar-refractivity contribution is 0.764. The third kappa shape index (κ3) is 2.25. The van der Waals surface area contributed by atoms with Crippen molar-refractivity contribution in [2.75, 3.05) is 0 Å². The van der Waals surface area contributed by atoms with Crippen molar-refractivity contribution >= 4 is 22.5 Å². The van der Waals surface area contributed by atoms with E-state index in [4.69, 9.17) is 17.3 Å². The predicted molar refractivity (Wildman–Crippen MR) is 77.1 cm³/mol. The Morgan fingerprint density at radius 1 is 1.32 bits per heavy atom. The van der Waals surface area contributed by atoms with E-state index in [1.165, 1.54) is 0 Å². The Kier molecular flexibility index (Phi) is 3.05. The van der Waals surface area contributed by atoms with Crippen molar-refractivity contribution in [3.8, 4) is 0 Å². The summed E-state index contributed by atoms with van der Waals surface area (Å²) >= 11 is 6.09. The van der Waals surface area contributed by atoms with Gasteiger partial charge < -0.3 is 10.3 Å². The van der Waals surface area contributed by atoms with E-state index in [2.05, 4.69) is 15.9 Å². The minimum absolute atomic E-state index is 0.526. The molecule has 0 amide bonds. The number of hydrogen-bond acceptors (Lipinski definition) is 2. The van der Waals surface area contributed by atoms with Crippen LogP contribution in [0.15, 0.2) is 36.8 Å². The van der Waals surface area contributed by atoms with Crippen molar-refractivity contribution in [2.45, 2.75) is 13.1 Å². The fourth-order valence-corrected chi connectivity index (χ4v) is 2.55. The maximum Gasteiger partial charge on any atom is 0.0539 e. The maximum absolute atomic E-state index is 6.09. The molecule has 0 fully saturated rings. The summed E-state index contributed by atoms with van der Waals surface area (Å²) in [6, 6.07) is 5.91. The second-order valence-electron chi connectivity index (χ2n) is 4.67. The lowest BCUT2D eigenvalue weighted by Gasteiger charge is -2.03. The second-order valence-corrected chi connectivity index (χ2v) is 5.11. The Hall–Kier alpha value is -1.78. The first-order valence-electron chi connectivity index (χ1n) is 6.12. The van der Waals surface area contributed by atoms with Crippen LogP contribution in [0.25, 0.3) is 10.9 Å². The number of nitrogens with zero attached hydrogens (tertiary/aromatic N) is 3. The summed E-state index contributed by atoms with van der Waals surface area (Å²) in [4.78, 5) is 0. The number of aromatic nitrogens is 3. The van der Waals surface area contributed by atoms with Gasteiger partial charge in [-0.15, -0.1) is 0 Å². The topological polar surface area (TPSA) is 48.8 Å². The molecule has 0 spiro atoms. The number of benzene rings is 1. The van der Waals surface area contributed by atoms with Gasteiger partial charge in [-0.3, -0.25) is 4.68 Å². The number of fused-ring (bicyclic) bond motifs is 1. The molecule has 0 atom stereocenters. The van der Waals surface area contributed by atoms with Crippen LogP contribution in [0, 0.1) is 0 Å². The summed E-state index contributed by atoms with van der Waals surface area (Å²) in [6.45, 7) is 1.29. The molecule has 0 radical (unpaired) electrons. The van der Waals surface area contributed by atoms with Crippen LogP contribution < -0.4 is 5.73 Å². The van der Waals surface area contributed by atoms with E-state index >= 15 is 0 Å². The monoisotopic (exact) mass is 274 g/mol.